The third-order valence-corrected chi connectivity index (χ3v) is 3.02. The minimum absolute atomic E-state index is 0.117. The molecule has 1 saturated carbocycles. The Morgan fingerprint density at radius 3 is 2.50 bits per heavy atom. The molecule has 1 atom stereocenters. The van der Waals surface area contributed by atoms with Gasteiger partial charge in [0.05, 0.1) is 4.92 Å². The van der Waals surface area contributed by atoms with Gasteiger partial charge in [-0.25, -0.2) is 0 Å². The molecule has 0 spiro atoms. The fraction of sp³-hybridized carbons (Fsp3) is 0.417. The molecule has 1 fully saturated rings. The summed E-state index contributed by atoms with van der Waals surface area (Å²) in [6, 6.07) is 6.60. The topological polar surface area (TPSA) is 60.2 Å². The van der Waals surface area contributed by atoms with Crippen LogP contribution in [0, 0.1) is 16.0 Å². The number of carbonyl (C=O) groups excluding carboxylic acids is 1. The summed E-state index contributed by atoms with van der Waals surface area (Å²) < 4.78 is 0. The molecule has 0 N–H and O–H groups in total. The summed E-state index contributed by atoms with van der Waals surface area (Å²) in [5.41, 5.74) is 1.19. The van der Waals surface area contributed by atoms with Crippen LogP contribution in [-0.4, -0.2) is 10.7 Å². The van der Waals surface area contributed by atoms with Crippen molar-refractivity contribution in [2.24, 2.45) is 5.92 Å². The van der Waals surface area contributed by atoms with Crippen molar-refractivity contribution in [3.05, 3.63) is 39.9 Å². The highest BCUT2D eigenvalue weighted by atomic mass is 16.6. The van der Waals surface area contributed by atoms with E-state index in [1.54, 1.807) is 12.1 Å². The van der Waals surface area contributed by atoms with Gasteiger partial charge in [-0.3, -0.25) is 14.9 Å². The van der Waals surface area contributed by atoms with E-state index < -0.39 is 4.92 Å². The predicted octanol–water partition coefficient (Wildman–Crippen LogP) is 2.51. The molecule has 0 heterocycles. The van der Waals surface area contributed by atoms with Gasteiger partial charge < -0.3 is 0 Å². The average Bonchev–Trinajstić information content (AvgIpc) is 2.65. The molecule has 1 unspecified atom stereocenters. The Morgan fingerprint density at radius 2 is 2.00 bits per heavy atom. The lowest BCUT2D eigenvalue weighted by Crippen LogP contribution is -2.00. The van der Waals surface area contributed by atoms with Gasteiger partial charge in [0.25, 0.3) is 5.69 Å². The van der Waals surface area contributed by atoms with E-state index in [1.807, 2.05) is 0 Å². The molecule has 1 aromatic rings. The molecule has 0 aromatic heterocycles. The zero-order valence-electron chi connectivity index (χ0n) is 8.89. The first-order chi connectivity index (χ1) is 7.65. The first kappa shape index (κ1) is 10.8. The van der Waals surface area contributed by atoms with Crippen LogP contribution in [0.15, 0.2) is 24.3 Å². The van der Waals surface area contributed by atoms with Gasteiger partial charge in [0, 0.05) is 25.0 Å². The minimum Gasteiger partial charge on any atom is -0.300 e. The monoisotopic (exact) mass is 219 g/mol. The number of hydrogen-bond acceptors (Lipinski definition) is 3. The second-order valence-electron chi connectivity index (χ2n) is 4.28. The summed E-state index contributed by atoms with van der Waals surface area (Å²) in [7, 11) is 0. The smallest absolute Gasteiger partial charge is 0.269 e. The molecule has 0 aliphatic heterocycles. The molecule has 4 heteroatoms. The minimum atomic E-state index is -0.400. The van der Waals surface area contributed by atoms with Crippen molar-refractivity contribution in [3.63, 3.8) is 0 Å². The standard InChI is InChI=1S/C12H13NO3/c14-12-6-3-10(8-12)7-9-1-4-11(5-2-9)13(15)16/h1-2,4-5,10H,3,6-8H2. The molecule has 84 valence electrons. The fourth-order valence-corrected chi connectivity index (χ4v) is 2.15. The average molecular weight is 219 g/mol. The summed E-state index contributed by atoms with van der Waals surface area (Å²) in [4.78, 5) is 21.2. The van der Waals surface area contributed by atoms with Gasteiger partial charge in [0.2, 0.25) is 0 Å². The number of Topliss-reactive ketones (excluding diaryl/α,β-unsaturated/α-hetero) is 1. The van der Waals surface area contributed by atoms with Crippen LogP contribution in [0.3, 0.4) is 0 Å². The quantitative estimate of drug-likeness (QED) is 0.579. The second-order valence-corrected chi connectivity index (χ2v) is 4.28. The Morgan fingerprint density at radius 1 is 1.31 bits per heavy atom. The van der Waals surface area contributed by atoms with E-state index in [2.05, 4.69) is 0 Å². The Balaban J connectivity index is 2.00. The summed E-state index contributed by atoms with van der Waals surface area (Å²) >= 11 is 0. The lowest BCUT2D eigenvalue weighted by atomic mass is 9.98. The highest BCUT2D eigenvalue weighted by Gasteiger charge is 2.22. The molecule has 1 aliphatic rings. The zero-order valence-corrected chi connectivity index (χ0v) is 8.89. The molecule has 0 radical (unpaired) electrons. The summed E-state index contributed by atoms with van der Waals surface area (Å²) in [5.74, 6) is 0.765. The maximum Gasteiger partial charge on any atom is 0.269 e. The van der Waals surface area contributed by atoms with Crippen molar-refractivity contribution >= 4 is 11.5 Å². The molecular weight excluding hydrogens is 206 g/mol. The van der Waals surface area contributed by atoms with Crippen molar-refractivity contribution in [1.29, 1.82) is 0 Å². The largest absolute Gasteiger partial charge is 0.300 e. The lowest BCUT2D eigenvalue weighted by molar-refractivity contribution is -0.384. The van der Waals surface area contributed by atoms with Crippen LogP contribution in [-0.2, 0) is 11.2 Å². The second kappa shape index (κ2) is 4.43. The maximum absolute atomic E-state index is 11.1. The molecule has 0 saturated heterocycles. The van der Waals surface area contributed by atoms with Crippen molar-refractivity contribution < 1.29 is 9.72 Å². The SMILES string of the molecule is O=C1CCC(Cc2ccc([N+](=O)[O-])cc2)C1. The Bertz CT molecular complexity index is 411. The van der Waals surface area contributed by atoms with Crippen LogP contribution in [0.4, 0.5) is 5.69 Å². The molecule has 1 aliphatic carbocycles. The Kier molecular flexibility index (Phi) is 2.99. The van der Waals surface area contributed by atoms with Gasteiger partial charge in [-0.1, -0.05) is 12.1 Å². The van der Waals surface area contributed by atoms with E-state index in [4.69, 9.17) is 0 Å². The summed E-state index contributed by atoms with van der Waals surface area (Å²) in [6.07, 6.45) is 3.16. The van der Waals surface area contributed by atoms with Crippen LogP contribution in [0.5, 0.6) is 0 Å². The van der Waals surface area contributed by atoms with Crippen LogP contribution in [0.25, 0.3) is 0 Å². The summed E-state index contributed by atoms with van der Waals surface area (Å²) in [5, 5.41) is 10.5. The van der Waals surface area contributed by atoms with Gasteiger partial charge in [0.1, 0.15) is 5.78 Å². The molecule has 0 amide bonds. The highest BCUT2D eigenvalue weighted by Crippen LogP contribution is 2.26. The number of non-ortho nitro benzene ring substituents is 1. The van der Waals surface area contributed by atoms with E-state index in [0.29, 0.717) is 24.5 Å². The zero-order chi connectivity index (χ0) is 11.5. The van der Waals surface area contributed by atoms with E-state index in [9.17, 15) is 14.9 Å². The third kappa shape index (κ3) is 2.45. The van der Waals surface area contributed by atoms with Crippen LogP contribution >= 0.6 is 0 Å². The van der Waals surface area contributed by atoms with Crippen LogP contribution in [0.2, 0.25) is 0 Å². The van der Waals surface area contributed by atoms with E-state index in [-0.39, 0.29) is 5.69 Å². The number of rotatable bonds is 3. The first-order valence-corrected chi connectivity index (χ1v) is 5.40. The number of ketones is 1. The number of benzene rings is 1. The van der Waals surface area contributed by atoms with Crippen molar-refractivity contribution in [3.8, 4) is 0 Å². The number of nitro benzene ring substituents is 1. The summed E-state index contributed by atoms with van der Waals surface area (Å²) in [6.45, 7) is 0. The van der Waals surface area contributed by atoms with Crippen molar-refractivity contribution in [2.75, 3.05) is 0 Å². The predicted molar refractivity (Wildman–Crippen MR) is 59.1 cm³/mol. The highest BCUT2D eigenvalue weighted by molar-refractivity contribution is 5.80. The van der Waals surface area contributed by atoms with Crippen molar-refractivity contribution in [1.82, 2.24) is 0 Å². The van der Waals surface area contributed by atoms with E-state index in [0.717, 1.165) is 18.4 Å². The van der Waals surface area contributed by atoms with E-state index >= 15 is 0 Å². The Labute approximate surface area is 93.4 Å². The molecule has 0 bridgehead atoms. The van der Waals surface area contributed by atoms with Gasteiger partial charge >= 0.3 is 0 Å². The lowest BCUT2D eigenvalue weighted by Gasteiger charge is -2.07. The first-order valence-electron chi connectivity index (χ1n) is 5.40. The molecule has 4 nitrogen and oxygen atoms in total. The molecular formula is C12H13NO3. The molecule has 2 rings (SSSR count). The van der Waals surface area contributed by atoms with Crippen LogP contribution < -0.4 is 0 Å². The molecule has 16 heavy (non-hydrogen) atoms. The van der Waals surface area contributed by atoms with Crippen molar-refractivity contribution in [2.45, 2.75) is 25.7 Å². The fourth-order valence-electron chi connectivity index (χ4n) is 2.15. The van der Waals surface area contributed by atoms with Gasteiger partial charge in [-0.2, -0.15) is 0 Å². The van der Waals surface area contributed by atoms with Gasteiger partial charge in [-0.15, -0.1) is 0 Å². The number of nitro groups is 1. The normalized spacial score (nSPS) is 20.0. The van der Waals surface area contributed by atoms with Gasteiger partial charge in [0.15, 0.2) is 0 Å². The number of nitrogens with zero attached hydrogens (tertiary/aromatic N) is 1. The Hall–Kier alpha value is -1.71. The molecule has 1 aromatic carbocycles. The van der Waals surface area contributed by atoms with Crippen LogP contribution in [0.1, 0.15) is 24.8 Å². The third-order valence-electron chi connectivity index (χ3n) is 3.02. The van der Waals surface area contributed by atoms with E-state index in [1.165, 1.54) is 12.1 Å². The number of carbonyl (C=O) groups is 1. The van der Waals surface area contributed by atoms with Gasteiger partial charge in [-0.05, 0) is 24.3 Å². The number of hydrogen-bond donors (Lipinski definition) is 0. The maximum atomic E-state index is 11.1.